The predicted molar refractivity (Wildman–Crippen MR) is 50.9 cm³/mol. The first-order valence-electron chi connectivity index (χ1n) is 4.82. The van der Waals surface area contributed by atoms with Gasteiger partial charge in [0, 0.05) is 6.42 Å². The van der Waals surface area contributed by atoms with Crippen LogP contribution in [-0.2, 0) is 9.63 Å². The normalized spacial score (nSPS) is 16.8. The third kappa shape index (κ3) is 4.08. The van der Waals surface area contributed by atoms with Crippen molar-refractivity contribution >= 4 is 5.91 Å². The second-order valence-corrected chi connectivity index (χ2v) is 3.36. The van der Waals surface area contributed by atoms with E-state index in [1.54, 1.807) is 0 Å². The van der Waals surface area contributed by atoms with Crippen molar-refractivity contribution in [2.24, 2.45) is 0 Å². The highest BCUT2D eigenvalue weighted by atomic mass is 16.6. The Hall–Kier alpha value is -0.830. The van der Waals surface area contributed by atoms with Gasteiger partial charge in [-0.05, 0) is 25.7 Å². The number of hydrogen-bond acceptors (Lipinski definition) is 2. The SMILES string of the molecule is CONC(=O)CC=C1CCCCC1. The van der Waals surface area contributed by atoms with E-state index in [1.807, 2.05) is 6.08 Å². The zero-order chi connectivity index (χ0) is 9.52. The minimum Gasteiger partial charge on any atom is -0.277 e. The topological polar surface area (TPSA) is 38.3 Å². The number of amides is 1. The van der Waals surface area contributed by atoms with Crippen molar-refractivity contribution in [3.63, 3.8) is 0 Å². The van der Waals surface area contributed by atoms with Gasteiger partial charge in [0.2, 0.25) is 5.91 Å². The highest BCUT2D eigenvalue weighted by Crippen LogP contribution is 2.22. The summed E-state index contributed by atoms with van der Waals surface area (Å²) in [5.41, 5.74) is 3.73. The molecule has 0 spiro atoms. The molecular formula is C10H17NO2. The van der Waals surface area contributed by atoms with Gasteiger partial charge in [-0.25, -0.2) is 5.48 Å². The summed E-state index contributed by atoms with van der Waals surface area (Å²) < 4.78 is 0. The maximum atomic E-state index is 11.0. The minimum absolute atomic E-state index is 0.0689. The summed E-state index contributed by atoms with van der Waals surface area (Å²) in [6.07, 6.45) is 8.70. The molecule has 1 saturated carbocycles. The lowest BCUT2D eigenvalue weighted by Crippen LogP contribution is -2.20. The van der Waals surface area contributed by atoms with Crippen LogP contribution in [0, 0.1) is 0 Å². The minimum atomic E-state index is -0.0689. The van der Waals surface area contributed by atoms with Gasteiger partial charge in [0.15, 0.2) is 0 Å². The number of rotatable bonds is 3. The molecule has 0 atom stereocenters. The van der Waals surface area contributed by atoms with Gasteiger partial charge in [0.05, 0.1) is 7.11 Å². The van der Waals surface area contributed by atoms with Gasteiger partial charge in [-0.1, -0.05) is 18.1 Å². The molecule has 0 saturated heterocycles. The average Bonchev–Trinajstić information content (AvgIpc) is 2.17. The molecule has 0 aromatic rings. The van der Waals surface area contributed by atoms with Crippen LogP contribution in [-0.4, -0.2) is 13.0 Å². The molecule has 0 unspecified atom stereocenters. The van der Waals surface area contributed by atoms with E-state index in [0.717, 1.165) is 0 Å². The van der Waals surface area contributed by atoms with Gasteiger partial charge in [0.1, 0.15) is 0 Å². The van der Waals surface area contributed by atoms with Crippen molar-refractivity contribution in [3.8, 4) is 0 Å². The molecule has 1 N–H and O–H groups in total. The fourth-order valence-electron chi connectivity index (χ4n) is 1.60. The molecule has 3 heteroatoms. The lowest BCUT2D eigenvalue weighted by molar-refractivity contribution is -0.130. The number of carbonyl (C=O) groups is 1. The molecule has 1 aliphatic rings. The summed E-state index contributed by atoms with van der Waals surface area (Å²) in [6.45, 7) is 0. The van der Waals surface area contributed by atoms with Crippen molar-refractivity contribution in [2.45, 2.75) is 38.5 Å². The Morgan fingerprint density at radius 2 is 2.15 bits per heavy atom. The summed E-state index contributed by atoms with van der Waals surface area (Å²) in [6, 6.07) is 0. The highest BCUT2D eigenvalue weighted by molar-refractivity contribution is 5.76. The summed E-state index contributed by atoms with van der Waals surface area (Å²) >= 11 is 0. The summed E-state index contributed by atoms with van der Waals surface area (Å²) in [4.78, 5) is 15.5. The van der Waals surface area contributed by atoms with Crippen molar-refractivity contribution in [2.75, 3.05) is 7.11 Å². The van der Waals surface area contributed by atoms with Gasteiger partial charge in [-0.15, -0.1) is 0 Å². The quantitative estimate of drug-likeness (QED) is 0.536. The largest absolute Gasteiger partial charge is 0.277 e. The molecule has 1 aliphatic carbocycles. The number of allylic oxidation sites excluding steroid dienone is 1. The molecular weight excluding hydrogens is 166 g/mol. The molecule has 1 amide bonds. The number of hydroxylamine groups is 1. The Bertz CT molecular complexity index is 191. The first-order chi connectivity index (χ1) is 6.33. The van der Waals surface area contributed by atoms with E-state index in [0.29, 0.717) is 6.42 Å². The second-order valence-electron chi connectivity index (χ2n) is 3.36. The monoisotopic (exact) mass is 183 g/mol. The van der Waals surface area contributed by atoms with E-state index in [1.165, 1.54) is 44.8 Å². The lowest BCUT2D eigenvalue weighted by Gasteiger charge is -2.12. The average molecular weight is 183 g/mol. The lowest BCUT2D eigenvalue weighted by atomic mass is 9.94. The third-order valence-electron chi connectivity index (χ3n) is 2.29. The van der Waals surface area contributed by atoms with Gasteiger partial charge in [-0.2, -0.15) is 0 Å². The molecule has 74 valence electrons. The molecule has 1 fully saturated rings. The van der Waals surface area contributed by atoms with E-state index in [2.05, 4.69) is 10.3 Å². The molecule has 13 heavy (non-hydrogen) atoms. The summed E-state index contributed by atoms with van der Waals surface area (Å²) in [5, 5.41) is 0. The van der Waals surface area contributed by atoms with E-state index in [4.69, 9.17) is 0 Å². The molecule has 0 aromatic carbocycles. The molecule has 0 aromatic heterocycles. The van der Waals surface area contributed by atoms with Crippen LogP contribution in [0.5, 0.6) is 0 Å². The Labute approximate surface area is 79.1 Å². The highest BCUT2D eigenvalue weighted by Gasteiger charge is 2.05. The fraction of sp³-hybridized carbons (Fsp3) is 0.700. The molecule has 0 aliphatic heterocycles. The molecule has 1 rings (SSSR count). The van der Waals surface area contributed by atoms with Crippen molar-refractivity contribution in [3.05, 3.63) is 11.6 Å². The van der Waals surface area contributed by atoms with Crippen LogP contribution in [0.25, 0.3) is 0 Å². The first kappa shape index (κ1) is 10.3. The van der Waals surface area contributed by atoms with Crippen molar-refractivity contribution < 1.29 is 9.63 Å². The van der Waals surface area contributed by atoms with Crippen LogP contribution in [0.1, 0.15) is 38.5 Å². The number of nitrogens with one attached hydrogen (secondary N) is 1. The first-order valence-corrected chi connectivity index (χ1v) is 4.82. The molecule has 0 heterocycles. The zero-order valence-electron chi connectivity index (χ0n) is 8.14. The van der Waals surface area contributed by atoms with Gasteiger partial charge < -0.3 is 0 Å². The van der Waals surface area contributed by atoms with Crippen LogP contribution < -0.4 is 5.48 Å². The summed E-state index contributed by atoms with van der Waals surface area (Å²) in [7, 11) is 1.45. The number of hydrogen-bond donors (Lipinski definition) is 1. The Kier molecular flexibility index (Phi) is 4.54. The third-order valence-corrected chi connectivity index (χ3v) is 2.29. The summed E-state index contributed by atoms with van der Waals surface area (Å²) in [5.74, 6) is -0.0689. The van der Waals surface area contributed by atoms with Crippen LogP contribution in [0.4, 0.5) is 0 Å². The van der Waals surface area contributed by atoms with Crippen LogP contribution in [0.2, 0.25) is 0 Å². The maximum Gasteiger partial charge on any atom is 0.247 e. The molecule has 3 nitrogen and oxygen atoms in total. The number of carbonyl (C=O) groups excluding carboxylic acids is 1. The molecule has 0 radical (unpaired) electrons. The predicted octanol–water partition coefficient (Wildman–Crippen LogP) is 1.94. The van der Waals surface area contributed by atoms with Gasteiger partial charge in [0.25, 0.3) is 0 Å². The van der Waals surface area contributed by atoms with Crippen molar-refractivity contribution in [1.82, 2.24) is 5.48 Å². The smallest absolute Gasteiger partial charge is 0.247 e. The Balaban J connectivity index is 2.25. The van der Waals surface area contributed by atoms with Gasteiger partial charge in [-0.3, -0.25) is 9.63 Å². The van der Waals surface area contributed by atoms with Crippen LogP contribution >= 0.6 is 0 Å². The van der Waals surface area contributed by atoms with Crippen LogP contribution in [0.15, 0.2) is 11.6 Å². The Morgan fingerprint density at radius 3 is 2.77 bits per heavy atom. The van der Waals surface area contributed by atoms with E-state index in [-0.39, 0.29) is 5.91 Å². The van der Waals surface area contributed by atoms with E-state index >= 15 is 0 Å². The standard InChI is InChI=1S/C10H17NO2/c1-13-11-10(12)8-7-9-5-3-2-4-6-9/h7H,2-6,8H2,1H3,(H,11,12). The van der Waals surface area contributed by atoms with E-state index in [9.17, 15) is 4.79 Å². The van der Waals surface area contributed by atoms with E-state index < -0.39 is 0 Å². The van der Waals surface area contributed by atoms with Crippen molar-refractivity contribution in [1.29, 1.82) is 0 Å². The maximum absolute atomic E-state index is 11.0. The second kappa shape index (κ2) is 5.75. The van der Waals surface area contributed by atoms with Crippen LogP contribution in [0.3, 0.4) is 0 Å². The zero-order valence-corrected chi connectivity index (χ0v) is 8.14. The van der Waals surface area contributed by atoms with Gasteiger partial charge >= 0.3 is 0 Å². The Morgan fingerprint density at radius 1 is 1.46 bits per heavy atom. The fourth-order valence-corrected chi connectivity index (χ4v) is 1.60. The molecule has 0 bridgehead atoms.